The van der Waals surface area contributed by atoms with Gasteiger partial charge in [0.05, 0.1) is 5.41 Å². The largest absolute Gasteiger partial charge is 0.341 e. The summed E-state index contributed by atoms with van der Waals surface area (Å²) < 4.78 is 0. The number of carbonyl (C=O) groups is 1. The van der Waals surface area contributed by atoms with Crippen LogP contribution >= 0.6 is 11.6 Å². The molecule has 2 rings (SSSR count). The summed E-state index contributed by atoms with van der Waals surface area (Å²) in [6.07, 6.45) is 4.09. The van der Waals surface area contributed by atoms with Gasteiger partial charge < -0.3 is 10.2 Å². The molecule has 0 aromatic heterocycles. The maximum absolute atomic E-state index is 12.9. The van der Waals surface area contributed by atoms with Crippen LogP contribution in [0.2, 0.25) is 5.02 Å². The molecule has 1 saturated heterocycles. The van der Waals surface area contributed by atoms with Crippen LogP contribution in [-0.2, 0) is 11.3 Å². The van der Waals surface area contributed by atoms with Gasteiger partial charge in [-0.25, -0.2) is 0 Å². The molecule has 0 spiro atoms. The normalized spacial score (nSPS) is 22.0. The maximum Gasteiger partial charge on any atom is 0.230 e. The number of nitrogens with one attached hydrogen (secondary N) is 1. The zero-order valence-corrected chi connectivity index (χ0v) is 13.7. The van der Waals surface area contributed by atoms with Crippen LogP contribution in [0.15, 0.2) is 24.3 Å². The highest BCUT2D eigenvalue weighted by atomic mass is 35.5. The van der Waals surface area contributed by atoms with Crippen molar-refractivity contribution in [3.8, 4) is 0 Å². The Labute approximate surface area is 132 Å². The van der Waals surface area contributed by atoms with Crippen LogP contribution in [0.25, 0.3) is 0 Å². The van der Waals surface area contributed by atoms with Gasteiger partial charge in [-0.2, -0.15) is 0 Å². The molecule has 1 aromatic rings. The monoisotopic (exact) mass is 308 g/mol. The first-order valence-electron chi connectivity index (χ1n) is 7.78. The van der Waals surface area contributed by atoms with E-state index in [1.165, 1.54) is 0 Å². The highest BCUT2D eigenvalue weighted by Gasteiger charge is 2.40. The Morgan fingerprint density at radius 2 is 2.10 bits per heavy atom. The highest BCUT2D eigenvalue weighted by Crippen LogP contribution is 2.34. The molecule has 1 heterocycles. The van der Waals surface area contributed by atoms with Crippen molar-refractivity contribution in [3.05, 3.63) is 34.9 Å². The quantitative estimate of drug-likeness (QED) is 0.903. The molecule has 1 unspecified atom stereocenters. The average Bonchev–Trinajstić information content (AvgIpc) is 2.50. The third-order valence-electron chi connectivity index (χ3n) is 4.33. The molecule has 0 aliphatic carbocycles. The third-order valence-corrected chi connectivity index (χ3v) is 4.59. The van der Waals surface area contributed by atoms with E-state index in [0.717, 1.165) is 49.4 Å². The minimum absolute atomic E-state index is 0.214. The van der Waals surface area contributed by atoms with E-state index in [9.17, 15) is 4.79 Å². The van der Waals surface area contributed by atoms with E-state index in [-0.39, 0.29) is 11.3 Å². The van der Waals surface area contributed by atoms with E-state index in [4.69, 9.17) is 11.6 Å². The first kappa shape index (κ1) is 16.3. The predicted octanol–water partition coefficient (Wildman–Crippen LogP) is 3.47. The Morgan fingerprint density at radius 1 is 1.38 bits per heavy atom. The van der Waals surface area contributed by atoms with Crippen molar-refractivity contribution in [1.82, 2.24) is 10.2 Å². The summed E-state index contributed by atoms with van der Waals surface area (Å²) in [5.41, 5.74) is 0.902. The lowest BCUT2D eigenvalue weighted by molar-refractivity contribution is -0.143. The zero-order valence-electron chi connectivity index (χ0n) is 13.0. The Morgan fingerprint density at radius 3 is 2.67 bits per heavy atom. The number of carbonyl (C=O) groups excluding carboxylic acids is 1. The van der Waals surface area contributed by atoms with Crippen molar-refractivity contribution in [1.29, 1.82) is 0 Å². The van der Waals surface area contributed by atoms with Crippen LogP contribution in [0.3, 0.4) is 0 Å². The van der Waals surface area contributed by atoms with E-state index in [1.54, 1.807) is 0 Å². The van der Waals surface area contributed by atoms with Gasteiger partial charge in [-0.05, 0) is 43.5 Å². The standard InChI is InChI=1S/C17H25ClN2O/c1-3-9-17(10-4-11-19-13-17)16(21)20(2)12-14-5-7-15(18)8-6-14/h5-8,19H,3-4,9-13H2,1-2H3. The van der Waals surface area contributed by atoms with Crippen LogP contribution in [0.4, 0.5) is 0 Å². The van der Waals surface area contributed by atoms with Gasteiger partial charge >= 0.3 is 0 Å². The van der Waals surface area contributed by atoms with Gasteiger partial charge in [0, 0.05) is 25.2 Å². The summed E-state index contributed by atoms with van der Waals surface area (Å²) in [4.78, 5) is 14.8. The number of rotatable bonds is 5. The van der Waals surface area contributed by atoms with Gasteiger partial charge in [-0.1, -0.05) is 37.1 Å². The van der Waals surface area contributed by atoms with Crippen LogP contribution < -0.4 is 5.32 Å². The fourth-order valence-corrected chi connectivity index (χ4v) is 3.42. The molecule has 1 aliphatic rings. The molecular weight excluding hydrogens is 284 g/mol. The molecule has 21 heavy (non-hydrogen) atoms. The number of nitrogens with zero attached hydrogens (tertiary/aromatic N) is 1. The molecule has 4 heteroatoms. The molecule has 1 amide bonds. The number of piperidine rings is 1. The highest BCUT2D eigenvalue weighted by molar-refractivity contribution is 6.30. The summed E-state index contributed by atoms with van der Waals surface area (Å²) in [5, 5.41) is 4.13. The molecule has 0 saturated carbocycles. The van der Waals surface area contributed by atoms with Gasteiger partial charge in [-0.3, -0.25) is 4.79 Å². The maximum atomic E-state index is 12.9. The van der Waals surface area contributed by atoms with Crippen molar-refractivity contribution in [3.63, 3.8) is 0 Å². The van der Waals surface area contributed by atoms with Crippen molar-refractivity contribution in [2.45, 2.75) is 39.2 Å². The third kappa shape index (κ3) is 3.98. The Kier molecular flexibility index (Phi) is 5.65. The second-order valence-electron chi connectivity index (χ2n) is 6.10. The fraction of sp³-hybridized carbons (Fsp3) is 0.588. The van der Waals surface area contributed by atoms with E-state index in [0.29, 0.717) is 6.54 Å². The molecule has 0 bridgehead atoms. The van der Waals surface area contributed by atoms with Crippen molar-refractivity contribution in [2.75, 3.05) is 20.1 Å². The van der Waals surface area contributed by atoms with E-state index < -0.39 is 0 Å². The lowest BCUT2D eigenvalue weighted by Gasteiger charge is -2.39. The Bertz CT molecular complexity index is 461. The lowest BCUT2D eigenvalue weighted by atomic mass is 9.75. The minimum atomic E-state index is -0.214. The van der Waals surface area contributed by atoms with Crippen LogP contribution in [-0.4, -0.2) is 30.9 Å². The summed E-state index contributed by atoms with van der Waals surface area (Å²) in [6, 6.07) is 7.72. The molecule has 0 radical (unpaired) electrons. The number of amides is 1. The van der Waals surface area contributed by atoms with Crippen LogP contribution in [0.1, 0.15) is 38.2 Å². The fourth-order valence-electron chi connectivity index (χ4n) is 3.29. The summed E-state index contributed by atoms with van der Waals surface area (Å²) in [5.74, 6) is 0.270. The number of hydrogen-bond acceptors (Lipinski definition) is 2. The van der Waals surface area contributed by atoms with E-state index in [2.05, 4.69) is 12.2 Å². The molecule has 1 aliphatic heterocycles. The number of benzene rings is 1. The lowest BCUT2D eigenvalue weighted by Crippen LogP contribution is -2.50. The van der Waals surface area contributed by atoms with Crippen molar-refractivity contribution >= 4 is 17.5 Å². The van der Waals surface area contributed by atoms with Crippen molar-refractivity contribution in [2.24, 2.45) is 5.41 Å². The zero-order chi connectivity index (χ0) is 15.3. The van der Waals surface area contributed by atoms with Gasteiger partial charge in [0.15, 0.2) is 0 Å². The molecule has 1 fully saturated rings. The van der Waals surface area contributed by atoms with E-state index >= 15 is 0 Å². The molecule has 1 N–H and O–H groups in total. The van der Waals surface area contributed by atoms with Crippen LogP contribution in [0.5, 0.6) is 0 Å². The van der Waals surface area contributed by atoms with Crippen molar-refractivity contribution < 1.29 is 4.79 Å². The smallest absolute Gasteiger partial charge is 0.230 e. The topological polar surface area (TPSA) is 32.3 Å². The molecule has 3 nitrogen and oxygen atoms in total. The summed E-state index contributed by atoms with van der Waals surface area (Å²) in [6.45, 7) is 4.63. The van der Waals surface area contributed by atoms with Gasteiger partial charge in [0.2, 0.25) is 5.91 Å². The Balaban J connectivity index is 2.07. The van der Waals surface area contributed by atoms with E-state index in [1.807, 2.05) is 36.2 Å². The number of halogens is 1. The molecule has 116 valence electrons. The first-order chi connectivity index (χ1) is 10.1. The minimum Gasteiger partial charge on any atom is -0.341 e. The second kappa shape index (κ2) is 7.28. The van der Waals surface area contributed by atoms with Gasteiger partial charge in [0.1, 0.15) is 0 Å². The summed E-state index contributed by atoms with van der Waals surface area (Å²) in [7, 11) is 1.91. The number of hydrogen-bond donors (Lipinski definition) is 1. The Hall–Kier alpha value is -1.06. The first-order valence-corrected chi connectivity index (χ1v) is 8.16. The molecular formula is C17H25ClN2O. The SMILES string of the molecule is CCCC1(C(=O)N(C)Cc2ccc(Cl)cc2)CCCNC1. The second-order valence-corrected chi connectivity index (χ2v) is 6.53. The summed E-state index contributed by atoms with van der Waals surface area (Å²) >= 11 is 5.91. The predicted molar refractivity (Wildman–Crippen MR) is 87.4 cm³/mol. The molecule has 1 aromatic carbocycles. The molecule has 1 atom stereocenters. The average molecular weight is 309 g/mol. The van der Waals surface area contributed by atoms with Gasteiger partial charge in [-0.15, -0.1) is 0 Å². The van der Waals surface area contributed by atoms with Crippen LogP contribution in [0, 0.1) is 5.41 Å². The van der Waals surface area contributed by atoms with Gasteiger partial charge in [0.25, 0.3) is 0 Å².